The molecule has 2 aromatic carbocycles. The minimum absolute atomic E-state index is 0.0335. The molecule has 0 radical (unpaired) electrons. The van der Waals surface area contributed by atoms with E-state index in [4.69, 9.17) is 16.3 Å². The van der Waals surface area contributed by atoms with E-state index in [0.29, 0.717) is 21.5 Å². The number of amides is 1. The number of halogens is 1. The van der Waals surface area contributed by atoms with Gasteiger partial charge in [-0.15, -0.1) is 0 Å². The van der Waals surface area contributed by atoms with Crippen molar-refractivity contribution in [2.24, 2.45) is 7.05 Å². The van der Waals surface area contributed by atoms with Crippen molar-refractivity contribution in [3.05, 3.63) is 69.1 Å². The Morgan fingerprint density at radius 1 is 1.19 bits per heavy atom. The molecule has 1 amide bonds. The molecule has 27 heavy (non-hydrogen) atoms. The first-order valence-electron chi connectivity index (χ1n) is 8.06. The third-order valence-corrected chi connectivity index (χ3v) is 4.20. The van der Waals surface area contributed by atoms with Crippen LogP contribution in [0.25, 0.3) is 10.8 Å². The number of nitrogens with zero attached hydrogens (tertiary/aromatic N) is 2. The molecule has 3 aromatic rings. The summed E-state index contributed by atoms with van der Waals surface area (Å²) in [4.78, 5) is 36.5. The van der Waals surface area contributed by atoms with Crippen LogP contribution in [-0.4, -0.2) is 28.3 Å². The lowest BCUT2D eigenvalue weighted by atomic mass is 10.1. The first-order valence-corrected chi connectivity index (χ1v) is 8.44. The van der Waals surface area contributed by atoms with E-state index in [0.717, 1.165) is 10.2 Å². The van der Waals surface area contributed by atoms with Crippen molar-refractivity contribution in [1.82, 2.24) is 9.78 Å². The summed E-state index contributed by atoms with van der Waals surface area (Å²) in [6.45, 7) is 1.37. The molecule has 8 heteroatoms. The molecule has 0 fully saturated rings. The Balaban J connectivity index is 1.75. The van der Waals surface area contributed by atoms with Crippen molar-refractivity contribution in [2.45, 2.75) is 6.92 Å². The number of hydrogen-bond acceptors (Lipinski definition) is 5. The van der Waals surface area contributed by atoms with E-state index in [1.54, 1.807) is 42.5 Å². The molecular weight excluding hydrogens is 370 g/mol. The minimum Gasteiger partial charge on any atom is -0.451 e. The zero-order valence-electron chi connectivity index (χ0n) is 14.7. The van der Waals surface area contributed by atoms with E-state index >= 15 is 0 Å². The first-order chi connectivity index (χ1) is 12.9. The normalized spacial score (nSPS) is 10.6. The van der Waals surface area contributed by atoms with Gasteiger partial charge in [0, 0.05) is 12.4 Å². The second-order valence-electron chi connectivity index (χ2n) is 5.93. The first kappa shape index (κ1) is 18.6. The molecule has 1 N–H and O–H groups in total. The quantitative estimate of drug-likeness (QED) is 0.697. The predicted molar refractivity (Wildman–Crippen MR) is 102 cm³/mol. The molecule has 0 bridgehead atoms. The molecule has 0 saturated heterocycles. The maximum atomic E-state index is 12.4. The fourth-order valence-electron chi connectivity index (χ4n) is 2.56. The SMILES string of the molecule is Cc1ccc(NC(=O)COC(=O)c2nn(C)c(=O)c3ccccc23)c(Cl)c1. The maximum absolute atomic E-state index is 12.4. The molecular formula is C19H16ClN3O4. The Bertz CT molecular complexity index is 1110. The van der Waals surface area contributed by atoms with Crippen LogP contribution in [0.3, 0.4) is 0 Å². The standard InChI is InChI=1S/C19H16ClN3O4/c1-11-7-8-15(14(20)9-11)21-16(24)10-27-19(26)17-12-5-3-4-6-13(12)18(25)23(2)22-17/h3-9H,10H2,1-2H3,(H,21,24). The molecule has 1 aromatic heterocycles. The van der Waals surface area contributed by atoms with Gasteiger partial charge in [0.25, 0.3) is 11.5 Å². The second-order valence-corrected chi connectivity index (χ2v) is 6.34. The number of rotatable bonds is 4. The van der Waals surface area contributed by atoms with Gasteiger partial charge in [-0.2, -0.15) is 5.10 Å². The van der Waals surface area contributed by atoms with Crippen LogP contribution in [0, 0.1) is 6.92 Å². The minimum atomic E-state index is -0.799. The smallest absolute Gasteiger partial charge is 0.359 e. The van der Waals surface area contributed by atoms with Crippen LogP contribution < -0.4 is 10.9 Å². The number of aryl methyl sites for hydroxylation is 2. The van der Waals surface area contributed by atoms with Gasteiger partial charge in [0.2, 0.25) is 0 Å². The van der Waals surface area contributed by atoms with Crippen molar-refractivity contribution < 1.29 is 14.3 Å². The van der Waals surface area contributed by atoms with E-state index < -0.39 is 18.5 Å². The molecule has 0 saturated carbocycles. The van der Waals surface area contributed by atoms with Gasteiger partial charge < -0.3 is 10.1 Å². The van der Waals surface area contributed by atoms with Crippen molar-refractivity contribution in [3.63, 3.8) is 0 Å². The summed E-state index contributed by atoms with van der Waals surface area (Å²) in [6, 6.07) is 11.8. The number of anilines is 1. The average Bonchev–Trinajstić information content (AvgIpc) is 2.65. The third-order valence-electron chi connectivity index (χ3n) is 3.88. The highest BCUT2D eigenvalue weighted by Gasteiger charge is 2.18. The van der Waals surface area contributed by atoms with Crippen LogP contribution in [-0.2, 0) is 16.6 Å². The van der Waals surface area contributed by atoms with Crippen LogP contribution in [0.1, 0.15) is 16.1 Å². The Morgan fingerprint density at radius 2 is 1.89 bits per heavy atom. The Hall–Kier alpha value is -3.19. The number of carbonyl (C=O) groups is 2. The fraction of sp³-hybridized carbons (Fsp3) is 0.158. The molecule has 0 spiro atoms. The van der Waals surface area contributed by atoms with Gasteiger partial charge in [0.05, 0.1) is 16.1 Å². The largest absolute Gasteiger partial charge is 0.451 e. The molecule has 0 unspecified atom stereocenters. The van der Waals surface area contributed by atoms with Gasteiger partial charge in [-0.05, 0) is 30.7 Å². The highest BCUT2D eigenvalue weighted by Crippen LogP contribution is 2.22. The van der Waals surface area contributed by atoms with Crippen molar-refractivity contribution in [1.29, 1.82) is 0 Å². The van der Waals surface area contributed by atoms with Gasteiger partial charge >= 0.3 is 5.97 Å². The molecule has 0 aliphatic heterocycles. The lowest BCUT2D eigenvalue weighted by molar-refractivity contribution is -0.119. The monoisotopic (exact) mass is 385 g/mol. The summed E-state index contributed by atoms with van der Waals surface area (Å²) in [5, 5.41) is 7.64. The summed E-state index contributed by atoms with van der Waals surface area (Å²) in [5.74, 6) is -1.34. The molecule has 0 atom stereocenters. The van der Waals surface area contributed by atoms with Gasteiger partial charge in [0.15, 0.2) is 12.3 Å². The fourth-order valence-corrected chi connectivity index (χ4v) is 2.84. The molecule has 1 heterocycles. The van der Waals surface area contributed by atoms with Crippen LogP contribution in [0.4, 0.5) is 5.69 Å². The summed E-state index contributed by atoms with van der Waals surface area (Å²) >= 11 is 6.06. The summed E-state index contributed by atoms with van der Waals surface area (Å²) in [5.41, 5.74) is 1.02. The Labute approximate surface area is 159 Å². The number of carbonyl (C=O) groups excluding carboxylic acids is 2. The number of ether oxygens (including phenoxy) is 1. The van der Waals surface area contributed by atoms with Crippen molar-refractivity contribution >= 4 is 39.9 Å². The topological polar surface area (TPSA) is 90.3 Å². The van der Waals surface area contributed by atoms with Crippen LogP contribution in [0.2, 0.25) is 5.02 Å². The van der Waals surface area contributed by atoms with E-state index in [9.17, 15) is 14.4 Å². The summed E-state index contributed by atoms with van der Waals surface area (Å²) in [6.07, 6.45) is 0. The summed E-state index contributed by atoms with van der Waals surface area (Å²) < 4.78 is 6.12. The van der Waals surface area contributed by atoms with Gasteiger partial charge in [0.1, 0.15) is 0 Å². The number of hydrogen-bond donors (Lipinski definition) is 1. The third kappa shape index (κ3) is 3.98. The number of esters is 1. The van der Waals surface area contributed by atoms with E-state index in [1.807, 2.05) is 6.92 Å². The zero-order chi connectivity index (χ0) is 19.6. The molecule has 0 aliphatic carbocycles. The lowest BCUT2D eigenvalue weighted by Gasteiger charge is -2.10. The van der Waals surface area contributed by atoms with Crippen LogP contribution >= 0.6 is 11.6 Å². The van der Waals surface area contributed by atoms with Crippen molar-refractivity contribution in [2.75, 3.05) is 11.9 Å². The molecule has 3 rings (SSSR count). The van der Waals surface area contributed by atoms with Crippen molar-refractivity contribution in [3.8, 4) is 0 Å². The van der Waals surface area contributed by atoms with Crippen LogP contribution in [0.15, 0.2) is 47.3 Å². The zero-order valence-corrected chi connectivity index (χ0v) is 15.4. The van der Waals surface area contributed by atoms with Gasteiger partial charge in [-0.1, -0.05) is 35.9 Å². The summed E-state index contributed by atoms with van der Waals surface area (Å²) in [7, 11) is 1.44. The highest BCUT2D eigenvalue weighted by molar-refractivity contribution is 6.33. The van der Waals surface area contributed by atoms with Gasteiger partial charge in [-0.25, -0.2) is 9.48 Å². The van der Waals surface area contributed by atoms with E-state index in [-0.39, 0.29) is 11.3 Å². The average molecular weight is 386 g/mol. The second kappa shape index (κ2) is 7.59. The number of benzene rings is 2. The van der Waals surface area contributed by atoms with E-state index in [1.165, 1.54) is 7.05 Å². The lowest BCUT2D eigenvalue weighted by Crippen LogP contribution is -2.26. The molecule has 138 valence electrons. The number of nitrogens with one attached hydrogen (secondary N) is 1. The predicted octanol–water partition coefficient (Wildman–Crippen LogP) is 2.69. The van der Waals surface area contributed by atoms with E-state index in [2.05, 4.69) is 10.4 Å². The Kier molecular flexibility index (Phi) is 5.23. The number of aromatic nitrogens is 2. The number of fused-ring (bicyclic) bond motifs is 1. The van der Waals surface area contributed by atoms with Crippen LogP contribution in [0.5, 0.6) is 0 Å². The maximum Gasteiger partial charge on any atom is 0.359 e. The Morgan fingerprint density at radius 3 is 2.59 bits per heavy atom. The molecule has 0 aliphatic rings. The van der Waals surface area contributed by atoms with Gasteiger partial charge in [-0.3, -0.25) is 9.59 Å². The molecule has 7 nitrogen and oxygen atoms in total. The highest BCUT2D eigenvalue weighted by atomic mass is 35.5.